The van der Waals surface area contributed by atoms with Crippen molar-refractivity contribution in [1.29, 1.82) is 0 Å². The van der Waals surface area contributed by atoms with Crippen molar-refractivity contribution >= 4 is 29.5 Å². The van der Waals surface area contributed by atoms with Crippen molar-refractivity contribution in [3.8, 4) is 23.0 Å². The first-order chi connectivity index (χ1) is 23.5. The number of nitrogens with one attached hydrogen (secondary N) is 2. The van der Waals surface area contributed by atoms with E-state index in [1.54, 1.807) is 55.1 Å². The third-order valence-electron chi connectivity index (χ3n) is 8.15. The number of ether oxygens (including phenoxy) is 2. The molecule has 2 aliphatic heterocycles. The third kappa shape index (κ3) is 8.03. The van der Waals surface area contributed by atoms with Gasteiger partial charge in [0.15, 0.2) is 23.6 Å². The molecular weight excluding hydrogens is 634 g/mol. The number of carbonyl (C=O) groups excluding carboxylic acids is 3. The molecule has 2 aliphatic rings. The molecule has 0 fully saturated rings. The number of hydrogen-bond acceptors (Lipinski definition) is 11. The lowest BCUT2D eigenvalue weighted by molar-refractivity contribution is -0.134. The molecule has 0 unspecified atom stereocenters. The SMILES string of the molecule is C[C@@H]1OC(c2ccccc2O)=N[C@H]1C(=O)NCCCN(CCCNC(=O)c1cccc(O)c1O)C(=O)[C@H]1N=C(c2ccccc2O)O[C@@H]1C. The van der Waals surface area contributed by atoms with E-state index in [9.17, 15) is 34.8 Å². The van der Waals surface area contributed by atoms with Crippen LogP contribution in [0.25, 0.3) is 0 Å². The molecular formula is C35H39N5O9. The molecule has 3 aromatic rings. The summed E-state index contributed by atoms with van der Waals surface area (Å²) in [5.74, 6) is -1.88. The Morgan fingerprint density at radius 2 is 1.20 bits per heavy atom. The van der Waals surface area contributed by atoms with Crippen LogP contribution >= 0.6 is 0 Å². The highest BCUT2D eigenvalue weighted by Gasteiger charge is 2.37. The van der Waals surface area contributed by atoms with Crippen LogP contribution in [0.2, 0.25) is 0 Å². The van der Waals surface area contributed by atoms with Gasteiger partial charge >= 0.3 is 0 Å². The van der Waals surface area contributed by atoms with Crippen molar-refractivity contribution in [2.24, 2.45) is 9.98 Å². The van der Waals surface area contributed by atoms with Crippen molar-refractivity contribution in [3.63, 3.8) is 0 Å². The van der Waals surface area contributed by atoms with Crippen molar-refractivity contribution in [1.82, 2.24) is 15.5 Å². The van der Waals surface area contributed by atoms with Crippen LogP contribution in [0.5, 0.6) is 23.0 Å². The quantitative estimate of drug-likeness (QED) is 0.116. The Morgan fingerprint density at radius 1 is 0.694 bits per heavy atom. The van der Waals surface area contributed by atoms with Crippen LogP contribution in [0, 0.1) is 0 Å². The van der Waals surface area contributed by atoms with Gasteiger partial charge in [-0.1, -0.05) is 30.3 Å². The summed E-state index contributed by atoms with van der Waals surface area (Å²) in [7, 11) is 0. The number of phenolic OH excluding ortho intramolecular Hbond substituents is 4. The van der Waals surface area contributed by atoms with E-state index in [0.717, 1.165) is 0 Å². The molecule has 3 aromatic carbocycles. The van der Waals surface area contributed by atoms with Gasteiger partial charge in [0.2, 0.25) is 17.7 Å². The first-order valence-electron chi connectivity index (χ1n) is 16.0. The molecule has 0 spiro atoms. The molecule has 0 radical (unpaired) electrons. The Labute approximate surface area is 282 Å². The molecule has 0 saturated carbocycles. The summed E-state index contributed by atoms with van der Waals surface area (Å²) < 4.78 is 11.6. The third-order valence-corrected chi connectivity index (χ3v) is 8.15. The Bertz CT molecular complexity index is 1760. The molecule has 0 aliphatic carbocycles. The number of nitrogens with zero attached hydrogens (tertiary/aromatic N) is 3. The number of phenols is 4. The molecule has 6 N–H and O–H groups in total. The molecule has 5 rings (SSSR count). The Hall–Kier alpha value is -5.79. The van der Waals surface area contributed by atoms with Crippen molar-refractivity contribution < 1.29 is 44.3 Å². The average Bonchev–Trinajstić information content (AvgIpc) is 3.67. The normalized spacial score (nSPS) is 19.6. The second-order valence-electron chi connectivity index (χ2n) is 11.7. The zero-order valence-electron chi connectivity index (χ0n) is 27.1. The molecule has 0 aromatic heterocycles. The van der Waals surface area contributed by atoms with E-state index in [-0.39, 0.29) is 66.9 Å². The van der Waals surface area contributed by atoms with Crippen molar-refractivity contribution in [3.05, 3.63) is 83.4 Å². The van der Waals surface area contributed by atoms with Gasteiger partial charge in [0.1, 0.15) is 23.7 Å². The number of hydrogen-bond donors (Lipinski definition) is 6. The lowest BCUT2D eigenvalue weighted by Gasteiger charge is -2.26. The van der Waals surface area contributed by atoms with Crippen LogP contribution in [0.3, 0.4) is 0 Å². The van der Waals surface area contributed by atoms with Crippen LogP contribution in [-0.4, -0.2) is 105 Å². The van der Waals surface area contributed by atoms with E-state index in [1.165, 1.54) is 30.3 Å². The maximum atomic E-state index is 13.8. The molecule has 0 bridgehead atoms. The van der Waals surface area contributed by atoms with Gasteiger partial charge in [-0.05, 0) is 63.1 Å². The zero-order chi connectivity index (χ0) is 35.1. The minimum absolute atomic E-state index is 0.00431. The smallest absolute Gasteiger partial charge is 0.255 e. The number of amides is 3. The standard InChI is InChI=1S/C35H39N5O9/c1-20-28(38-33(48-20)22-10-3-5-13-25(22)41)32(46)37-17-9-19-40(18-8-16-36-31(45)24-12-7-15-27(43)30(24)44)35(47)29-21(2)49-34(39-29)23-11-4-6-14-26(23)42/h3-7,10-15,20-21,28-29,41-44H,8-9,16-19H2,1-2H3,(H,36,45)(H,37,46)/t20-,21+,28+,29-/m0/s1. The van der Waals surface area contributed by atoms with Gasteiger partial charge in [-0.15, -0.1) is 0 Å². The molecule has 14 heteroatoms. The Morgan fingerprint density at radius 3 is 1.80 bits per heavy atom. The van der Waals surface area contributed by atoms with Crippen molar-refractivity contribution in [2.45, 2.75) is 51.0 Å². The van der Waals surface area contributed by atoms with Crippen LogP contribution < -0.4 is 10.6 Å². The molecule has 2 heterocycles. The molecule has 0 saturated heterocycles. The zero-order valence-corrected chi connectivity index (χ0v) is 27.1. The minimum atomic E-state index is -0.887. The molecule has 4 atom stereocenters. The van der Waals surface area contributed by atoms with E-state index in [0.29, 0.717) is 24.0 Å². The maximum absolute atomic E-state index is 13.8. The van der Waals surface area contributed by atoms with Gasteiger partial charge in [-0.3, -0.25) is 14.4 Å². The number of carbonyl (C=O) groups is 3. The fourth-order valence-corrected chi connectivity index (χ4v) is 5.49. The molecule has 258 valence electrons. The summed E-state index contributed by atoms with van der Waals surface area (Å²) in [6, 6.07) is 15.5. The monoisotopic (exact) mass is 673 g/mol. The molecule has 49 heavy (non-hydrogen) atoms. The van der Waals surface area contributed by atoms with Gasteiger partial charge < -0.3 is 45.4 Å². The summed E-state index contributed by atoms with van der Waals surface area (Å²) >= 11 is 0. The highest BCUT2D eigenvalue weighted by Crippen LogP contribution is 2.28. The number of aliphatic imine (C=N–C) groups is 2. The van der Waals surface area contributed by atoms with Gasteiger partial charge in [0, 0.05) is 26.2 Å². The largest absolute Gasteiger partial charge is 0.507 e. The topological polar surface area (TPSA) is 203 Å². The van der Waals surface area contributed by atoms with Crippen LogP contribution in [0.15, 0.2) is 76.7 Å². The van der Waals surface area contributed by atoms with Crippen LogP contribution in [-0.2, 0) is 19.1 Å². The summed E-state index contributed by atoms with van der Waals surface area (Å²) in [4.78, 5) is 49.9. The number of aromatic hydroxyl groups is 4. The summed E-state index contributed by atoms with van der Waals surface area (Å²) in [5, 5.41) is 45.7. The second-order valence-corrected chi connectivity index (χ2v) is 11.7. The Kier molecular flexibility index (Phi) is 10.9. The highest BCUT2D eigenvalue weighted by atomic mass is 16.5. The van der Waals surface area contributed by atoms with Gasteiger partial charge in [0.05, 0.1) is 16.7 Å². The number of rotatable bonds is 13. The lowest BCUT2D eigenvalue weighted by atomic mass is 10.1. The van der Waals surface area contributed by atoms with Crippen molar-refractivity contribution in [2.75, 3.05) is 26.2 Å². The number of para-hydroxylation sites is 3. The molecule has 14 nitrogen and oxygen atoms in total. The fourth-order valence-electron chi connectivity index (χ4n) is 5.49. The van der Waals surface area contributed by atoms with Crippen LogP contribution in [0.1, 0.15) is 48.2 Å². The van der Waals surface area contributed by atoms with E-state index in [4.69, 9.17) is 9.47 Å². The molecule has 3 amide bonds. The maximum Gasteiger partial charge on any atom is 0.255 e. The summed E-state index contributed by atoms with van der Waals surface area (Å²) in [6.45, 7) is 4.29. The second kappa shape index (κ2) is 15.4. The summed E-state index contributed by atoms with van der Waals surface area (Å²) in [5.41, 5.74) is 0.688. The fraction of sp³-hybridized carbons (Fsp3) is 0.343. The van der Waals surface area contributed by atoms with E-state index < -0.39 is 41.7 Å². The number of benzene rings is 3. The highest BCUT2D eigenvalue weighted by molar-refractivity contribution is 6.01. The van der Waals surface area contributed by atoms with Gasteiger partial charge in [-0.25, -0.2) is 9.98 Å². The lowest BCUT2D eigenvalue weighted by Crippen LogP contribution is -2.44. The predicted octanol–water partition coefficient (Wildman–Crippen LogP) is 2.43. The first-order valence-corrected chi connectivity index (χ1v) is 16.0. The Balaban J connectivity index is 1.21. The predicted molar refractivity (Wildman–Crippen MR) is 179 cm³/mol. The minimum Gasteiger partial charge on any atom is -0.507 e. The average molecular weight is 674 g/mol. The van der Waals surface area contributed by atoms with E-state index in [1.807, 2.05) is 0 Å². The summed E-state index contributed by atoms with van der Waals surface area (Å²) in [6.07, 6.45) is -0.429. The van der Waals surface area contributed by atoms with Gasteiger partial charge in [-0.2, -0.15) is 0 Å². The van der Waals surface area contributed by atoms with E-state index in [2.05, 4.69) is 20.6 Å². The first kappa shape index (κ1) is 34.5. The van der Waals surface area contributed by atoms with Gasteiger partial charge in [0.25, 0.3) is 11.8 Å². The van der Waals surface area contributed by atoms with Crippen LogP contribution in [0.4, 0.5) is 0 Å². The van der Waals surface area contributed by atoms with E-state index >= 15 is 0 Å².